The SMILES string of the molecule is Brc1ccc(-c2ccsc2)cc1. The maximum atomic E-state index is 3.41. The smallest absolute Gasteiger partial charge is 0.0175 e. The van der Waals surface area contributed by atoms with E-state index in [0.29, 0.717) is 0 Å². The lowest BCUT2D eigenvalue weighted by atomic mass is 10.1. The van der Waals surface area contributed by atoms with Gasteiger partial charge in [-0.3, -0.25) is 0 Å². The summed E-state index contributed by atoms with van der Waals surface area (Å²) in [6.45, 7) is 0. The molecule has 0 aliphatic rings. The largest absolute Gasteiger partial charge is 0.152 e. The third-order valence-corrected chi connectivity index (χ3v) is 2.91. The first kappa shape index (κ1) is 8.02. The van der Waals surface area contributed by atoms with Gasteiger partial charge >= 0.3 is 0 Å². The van der Waals surface area contributed by atoms with Crippen molar-refractivity contribution in [2.45, 2.75) is 0 Å². The second kappa shape index (κ2) is 3.42. The molecule has 2 aromatic rings. The molecule has 0 fully saturated rings. The van der Waals surface area contributed by atoms with Gasteiger partial charge in [-0.05, 0) is 40.1 Å². The fourth-order valence-corrected chi connectivity index (χ4v) is 2.00. The van der Waals surface area contributed by atoms with Crippen LogP contribution in [0.2, 0.25) is 0 Å². The first-order chi connectivity index (χ1) is 5.86. The molecule has 2 rings (SSSR count). The average molecular weight is 239 g/mol. The van der Waals surface area contributed by atoms with E-state index < -0.39 is 0 Å². The number of halogens is 1. The lowest BCUT2D eigenvalue weighted by Crippen LogP contribution is -1.71. The van der Waals surface area contributed by atoms with Crippen molar-refractivity contribution in [3.05, 3.63) is 45.6 Å². The minimum atomic E-state index is 1.13. The van der Waals surface area contributed by atoms with Crippen LogP contribution in [0.1, 0.15) is 0 Å². The number of benzene rings is 1. The van der Waals surface area contributed by atoms with Crippen LogP contribution < -0.4 is 0 Å². The average Bonchev–Trinajstić information content (AvgIpc) is 2.58. The zero-order chi connectivity index (χ0) is 8.39. The maximum Gasteiger partial charge on any atom is 0.0175 e. The van der Waals surface area contributed by atoms with Crippen molar-refractivity contribution >= 4 is 27.3 Å². The predicted octanol–water partition coefficient (Wildman–Crippen LogP) is 4.18. The number of hydrogen-bond acceptors (Lipinski definition) is 1. The van der Waals surface area contributed by atoms with Crippen molar-refractivity contribution in [2.24, 2.45) is 0 Å². The molecule has 0 radical (unpaired) electrons. The molecule has 0 nitrogen and oxygen atoms in total. The van der Waals surface area contributed by atoms with Crippen molar-refractivity contribution in [1.82, 2.24) is 0 Å². The highest BCUT2D eigenvalue weighted by molar-refractivity contribution is 9.10. The van der Waals surface area contributed by atoms with Gasteiger partial charge in [-0.2, -0.15) is 11.3 Å². The summed E-state index contributed by atoms with van der Waals surface area (Å²) in [4.78, 5) is 0. The van der Waals surface area contributed by atoms with E-state index >= 15 is 0 Å². The second-order valence-corrected chi connectivity index (χ2v) is 4.21. The molecule has 0 atom stereocenters. The van der Waals surface area contributed by atoms with Crippen molar-refractivity contribution in [3.63, 3.8) is 0 Å². The molecule has 1 aromatic carbocycles. The van der Waals surface area contributed by atoms with Gasteiger partial charge in [0.15, 0.2) is 0 Å². The molecule has 0 saturated carbocycles. The first-order valence-corrected chi connectivity index (χ1v) is 5.38. The van der Waals surface area contributed by atoms with Gasteiger partial charge in [0.05, 0.1) is 0 Å². The lowest BCUT2D eigenvalue weighted by Gasteiger charge is -1.96. The molecule has 0 aliphatic carbocycles. The Balaban J connectivity index is 2.43. The predicted molar refractivity (Wildman–Crippen MR) is 57.5 cm³/mol. The van der Waals surface area contributed by atoms with Crippen LogP contribution in [0.4, 0.5) is 0 Å². The normalized spacial score (nSPS) is 10.1. The highest BCUT2D eigenvalue weighted by atomic mass is 79.9. The Morgan fingerprint density at radius 1 is 0.917 bits per heavy atom. The van der Waals surface area contributed by atoms with Gasteiger partial charge in [-0.25, -0.2) is 0 Å². The van der Waals surface area contributed by atoms with Crippen LogP contribution in [0.15, 0.2) is 45.6 Å². The molecular formula is C10H7BrS. The topological polar surface area (TPSA) is 0 Å². The highest BCUT2D eigenvalue weighted by Crippen LogP contribution is 2.23. The lowest BCUT2D eigenvalue weighted by molar-refractivity contribution is 1.63. The standard InChI is InChI=1S/C10H7BrS/c11-10-3-1-8(2-4-10)9-5-6-12-7-9/h1-7H. The number of hydrogen-bond donors (Lipinski definition) is 0. The molecule has 1 heterocycles. The maximum absolute atomic E-state index is 3.41. The minimum Gasteiger partial charge on any atom is -0.152 e. The Morgan fingerprint density at radius 2 is 1.67 bits per heavy atom. The second-order valence-electron chi connectivity index (χ2n) is 2.52. The van der Waals surface area contributed by atoms with Gasteiger partial charge in [0.1, 0.15) is 0 Å². The van der Waals surface area contributed by atoms with E-state index in [1.54, 1.807) is 11.3 Å². The number of thiophene rings is 1. The summed E-state index contributed by atoms with van der Waals surface area (Å²) in [5, 5.41) is 4.25. The van der Waals surface area contributed by atoms with E-state index in [2.05, 4.69) is 57.0 Å². The summed E-state index contributed by atoms with van der Waals surface area (Å²) in [7, 11) is 0. The molecular weight excluding hydrogens is 232 g/mol. The van der Waals surface area contributed by atoms with E-state index in [0.717, 1.165) is 4.47 Å². The molecule has 0 saturated heterocycles. The molecule has 12 heavy (non-hydrogen) atoms. The Morgan fingerprint density at radius 3 is 2.25 bits per heavy atom. The van der Waals surface area contributed by atoms with Crippen LogP contribution in [0.5, 0.6) is 0 Å². The van der Waals surface area contributed by atoms with Crippen molar-refractivity contribution in [2.75, 3.05) is 0 Å². The zero-order valence-electron chi connectivity index (χ0n) is 6.33. The molecule has 2 heteroatoms. The Bertz CT molecular complexity index is 348. The van der Waals surface area contributed by atoms with Crippen molar-refractivity contribution in [1.29, 1.82) is 0 Å². The monoisotopic (exact) mass is 238 g/mol. The van der Waals surface area contributed by atoms with Crippen LogP contribution >= 0.6 is 27.3 Å². The molecule has 1 aromatic heterocycles. The van der Waals surface area contributed by atoms with E-state index in [4.69, 9.17) is 0 Å². The highest BCUT2D eigenvalue weighted by Gasteiger charge is 1.95. The van der Waals surface area contributed by atoms with Gasteiger partial charge in [-0.15, -0.1) is 0 Å². The van der Waals surface area contributed by atoms with E-state index in [9.17, 15) is 0 Å². The number of rotatable bonds is 1. The third kappa shape index (κ3) is 1.59. The Hall–Kier alpha value is -0.600. The zero-order valence-corrected chi connectivity index (χ0v) is 8.73. The fourth-order valence-electron chi connectivity index (χ4n) is 1.07. The summed E-state index contributed by atoms with van der Waals surface area (Å²) < 4.78 is 1.13. The van der Waals surface area contributed by atoms with Crippen LogP contribution in [0.3, 0.4) is 0 Å². The first-order valence-electron chi connectivity index (χ1n) is 3.64. The van der Waals surface area contributed by atoms with Crippen molar-refractivity contribution < 1.29 is 0 Å². The van der Waals surface area contributed by atoms with Crippen LogP contribution in [0.25, 0.3) is 11.1 Å². The van der Waals surface area contributed by atoms with E-state index in [1.807, 2.05) is 0 Å². The molecule has 0 aliphatic heterocycles. The van der Waals surface area contributed by atoms with Gasteiger partial charge in [-0.1, -0.05) is 28.1 Å². The molecule has 60 valence electrons. The fraction of sp³-hybridized carbons (Fsp3) is 0. The van der Waals surface area contributed by atoms with Gasteiger partial charge in [0, 0.05) is 4.47 Å². The van der Waals surface area contributed by atoms with Gasteiger partial charge in [0.2, 0.25) is 0 Å². The summed E-state index contributed by atoms with van der Waals surface area (Å²) in [6.07, 6.45) is 0. The molecule has 0 N–H and O–H groups in total. The summed E-state index contributed by atoms with van der Waals surface area (Å²) in [5.41, 5.74) is 2.58. The minimum absolute atomic E-state index is 1.13. The quantitative estimate of drug-likeness (QED) is 0.700. The Kier molecular flexibility index (Phi) is 2.28. The van der Waals surface area contributed by atoms with E-state index in [-0.39, 0.29) is 0 Å². The van der Waals surface area contributed by atoms with Gasteiger partial charge in [0.25, 0.3) is 0 Å². The molecule has 0 amide bonds. The molecule has 0 unspecified atom stereocenters. The summed E-state index contributed by atoms with van der Waals surface area (Å²) in [5.74, 6) is 0. The van der Waals surface area contributed by atoms with Gasteiger partial charge < -0.3 is 0 Å². The summed E-state index contributed by atoms with van der Waals surface area (Å²) in [6, 6.07) is 10.5. The molecule has 0 spiro atoms. The summed E-state index contributed by atoms with van der Waals surface area (Å²) >= 11 is 5.14. The van der Waals surface area contributed by atoms with Crippen LogP contribution in [-0.4, -0.2) is 0 Å². The van der Waals surface area contributed by atoms with Crippen LogP contribution in [0, 0.1) is 0 Å². The van der Waals surface area contributed by atoms with Crippen molar-refractivity contribution in [3.8, 4) is 11.1 Å². The van der Waals surface area contributed by atoms with Crippen LogP contribution in [-0.2, 0) is 0 Å². The molecule has 0 bridgehead atoms. The van der Waals surface area contributed by atoms with E-state index in [1.165, 1.54) is 11.1 Å². The third-order valence-electron chi connectivity index (χ3n) is 1.70. The Labute approximate surface area is 84.0 Å².